The van der Waals surface area contributed by atoms with Gasteiger partial charge in [-0.3, -0.25) is 0 Å². The first kappa shape index (κ1) is 24.1. The van der Waals surface area contributed by atoms with Crippen LogP contribution in [0.15, 0.2) is 36.4 Å². The maximum absolute atomic E-state index is 14.4. The number of ether oxygens (including phenoxy) is 2. The fraction of sp³-hybridized carbons (Fsp3) is 0.333. The first-order valence-electron chi connectivity index (χ1n) is 9.33. The van der Waals surface area contributed by atoms with Gasteiger partial charge in [0.15, 0.2) is 11.6 Å². The van der Waals surface area contributed by atoms with Gasteiger partial charge in [0.1, 0.15) is 30.2 Å². The van der Waals surface area contributed by atoms with Crippen molar-refractivity contribution in [3.63, 3.8) is 0 Å². The third-order valence-electron chi connectivity index (χ3n) is 4.79. The van der Waals surface area contributed by atoms with Gasteiger partial charge in [-0.05, 0) is 23.8 Å². The van der Waals surface area contributed by atoms with Gasteiger partial charge in [-0.1, -0.05) is 24.3 Å². The van der Waals surface area contributed by atoms with E-state index in [0.29, 0.717) is 6.07 Å². The number of alkyl halides is 3. The molecule has 0 radical (unpaired) electrons. The maximum Gasteiger partial charge on any atom is 0.416 e. The second kappa shape index (κ2) is 9.51. The minimum absolute atomic E-state index is 0.0864. The monoisotopic (exact) mass is 462 g/mol. The topological polar surface area (TPSA) is 99.4 Å². The van der Waals surface area contributed by atoms with Gasteiger partial charge in [-0.15, -0.1) is 0 Å². The molecule has 1 saturated heterocycles. The predicted octanol–water partition coefficient (Wildman–Crippen LogP) is 2.33. The Hall–Kier alpha value is -2.57. The number of aliphatic hydroxyl groups is 4. The Morgan fingerprint density at radius 3 is 2.34 bits per heavy atom. The van der Waals surface area contributed by atoms with E-state index in [0.717, 1.165) is 24.3 Å². The molecule has 0 aliphatic carbocycles. The van der Waals surface area contributed by atoms with E-state index in [1.165, 1.54) is 18.2 Å². The van der Waals surface area contributed by atoms with Crippen LogP contribution in [0.25, 0.3) is 12.2 Å². The van der Waals surface area contributed by atoms with Gasteiger partial charge in [-0.2, -0.15) is 13.2 Å². The SMILES string of the molecule is OC[C@H]1O[C@@H](Oc2c(F)cc(F)cc2/C=C/c2cccc(C(F)(F)F)c2)[C@H](O)[C@@H](O)[C@@H]1O. The van der Waals surface area contributed by atoms with Crippen molar-refractivity contribution in [2.75, 3.05) is 6.61 Å². The first-order chi connectivity index (χ1) is 15.0. The first-order valence-corrected chi connectivity index (χ1v) is 9.33. The lowest BCUT2D eigenvalue weighted by atomic mass is 9.99. The molecular formula is C21H19F5O6. The van der Waals surface area contributed by atoms with Gasteiger partial charge >= 0.3 is 6.18 Å². The third kappa shape index (κ3) is 5.25. The highest BCUT2D eigenvalue weighted by molar-refractivity contribution is 5.73. The molecule has 0 bridgehead atoms. The Balaban J connectivity index is 1.92. The van der Waals surface area contributed by atoms with Crippen molar-refractivity contribution in [1.82, 2.24) is 0 Å². The number of aliphatic hydroxyl groups excluding tert-OH is 4. The lowest BCUT2D eigenvalue weighted by Crippen LogP contribution is -2.60. The Bertz CT molecular complexity index is 978. The molecule has 5 atom stereocenters. The lowest BCUT2D eigenvalue weighted by Gasteiger charge is -2.39. The summed E-state index contributed by atoms with van der Waals surface area (Å²) in [6, 6.07) is 5.53. The van der Waals surface area contributed by atoms with E-state index in [9.17, 15) is 42.4 Å². The zero-order valence-corrected chi connectivity index (χ0v) is 16.2. The van der Waals surface area contributed by atoms with Gasteiger partial charge in [0.05, 0.1) is 12.2 Å². The van der Waals surface area contributed by atoms with Crippen molar-refractivity contribution in [2.45, 2.75) is 36.9 Å². The lowest BCUT2D eigenvalue weighted by molar-refractivity contribution is -0.277. The number of halogens is 5. The fourth-order valence-corrected chi connectivity index (χ4v) is 3.11. The van der Waals surface area contributed by atoms with Crippen molar-refractivity contribution in [1.29, 1.82) is 0 Å². The molecule has 32 heavy (non-hydrogen) atoms. The van der Waals surface area contributed by atoms with Crippen molar-refractivity contribution in [3.8, 4) is 5.75 Å². The molecule has 0 amide bonds. The zero-order chi connectivity index (χ0) is 23.6. The third-order valence-corrected chi connectivity index (χ3v) is 4.79. The minimum atomic E-state index is -4.58. The van der Waals surface area contributed by atoms with Crippen LogP contribution in [0, 0.1) is 11.6 Å². The second-order valence-corrected chi connectivity index (χ2v) is 7.08. The van der Waals surface area contributed by atoms with Crippen molar-refractivity contribution in [3.05, 3.63) is 64.7 Å². The largest absolute Gasteiger partial charge is 0.458 e. The highest BCUT2D eigenvalue weighted by Crippen LogP contribution is 2.32. The summed E-state index contributed by atoms with van der Waals surface area (Å²) in [4.78, 5) is 0. The molecule has 2 aromatic carbocycles. The van der Waals surface area contributed by atoms with Crippen molar-refractivity contribution in [2.24, 2.45) is 0 Å². The van der Waals surface area contributed by atoms with E-state index in [4.69, 9.17) is 9.47 Å². The minimum Gasteiger partial charge on any atom is -0.458 e. The van der Waals surface area contributed by atoms with Gasteiger partial charge in [0.25, 0.3) is 0 Å². The van der Waals surface area contributed by atoms with Crippen molar-refractivity contribution < 1.29 is 51.9 Å². The van der Waals surface area contributed by atoms with Crippen LogP contribution in [0.3, 0.4) is 0 Å². The molecule has 6 nitrogen and oxygen atoms in total. The molecular weight excluding hydrogens is 443 g/mol. The van der Waals surface area contributed by atoms with Gasteiger partial charge in [0.2, 0.25) is 6.29 Å². The molecule has 1 heterocycles. The molecule has 174 valence electrons. The Labute approximate surface area is 178 Å². The average molecular weight is 462 g/mol. The molecule has 1 aliphatic rings. The summed E-state index contributed by atoms with van der Waals surface area (Å²) in [5.74, 6) is -2.85. The summed E-state index contributed by atoms with van der Waals surface area (Å²) in [5, 5.41) is 39.0. The van der Waals surface area contributed by atoms with E-state index >= 15 is 0 Å². The van der Waals surface area contributed by atoms with Gasteiger partial charge in [-0.25, -0.2) is 8.78 Å². The normalized spacial score (nSPS) is 26.5. The number of rotatable bonds is 5. The van der Waals surface area contributed by atoms with E-state index in [-0.39, 0.29) is 11.1 Å². The summed E-state index contributed by atoms with van der Waals surface area (Å²) in [6.07, 6.45) is -10.7. The molecule has 0 unspecified atom stereocenters. The molecule has 1 fully saturated rings. The smallest absolute Gasteiger partial charge is 0.416 e. The standard InChI is InChI=1S/C21H19F5O6/c22-13-7-11(5-4-10-2-1-3-12(6-10)21(24,25)26)19(14(23)8-13)32-20-18(30)17(29)16(28)15(9-27)31-20/h1-8,15-18,20,27-30H,9H2/b5-4+/t15-,16-,17+,18-,20+/m1/s1. The Morgan fingerprint density at radius 1 is 0.969 bits per heavy atom. The number of hydrogen-bond acceptors (Lipinski definition) is 6. The summed E-state index contributed by atoms with van der Waals surface area (Å²) in [6.45, 7) is -0.751. The van der Waals surface area contributed by atoms with Crippen LogP contribution in [0.5, 0.6) is 5.75 Å². The Morgan fingerprint density at radius 2 is 1.69 bits per heavy atom. The molecule has 0 spiro atoms. The summed E-state index contributed by atoms with van der Waals surface area (Å²) < 4.78 is 77.3. The maximum atomic E-state index is 14.4. The van der Waals surface area contributed by atoms with E-state index < -0.39 is 66.4 Å². The molecule has 0 aromatic heterocycles. The second-order valence-electron chi connectivity index (χ2n) is 7.08. The van der Waals surface area contributed by atoms with E-state index in [1.807, 2.05) is 0 Å². The van der Waals surface area contributed by atoms with Crippen LogP contribution in [0.1, 0.15) is 16.7 Å². The quantitative estimate of drug-likeness (QED) is 0.402. The van der Waals surface area contributed by atoms with Gasteiger partial charge in [0, 0.05) is 11.6 Å². The summed E-state index contributed by atoms with van der Waals surface area (Å²) in [7, 11) is 0. The van der Waals surface area contributed by atoms with Gasteiger partial charge < -0.3 is 29.9 Å². The van der Waals surface area contributed by atoms with Crippen molar-refractivity contribution >= 4 is 12.2 Å². The number of benzene rings is 2. The highest BCUT2D eigenvalue weighted by atomic mass is 19.4. The molecule has 3 rings (SSSR count). The highest BCUT2D eigenvalue weighted by Gasteiger charge is 2.45. The molecule has 2 aromatic rings. The van der Waals surface area contributed by atoms with Crippen LogP contribution in [-0.4, -0.2) is 57.7 Å². The van der Waals surface area contributed by atoms with E-state index in [2.05, 4.69) is 0 Å². The predicted molar refractivity (Wildman–Crippen MR) is 101 cm³/mol. The Kier molecular flexibility index (Phi) is 7.16. The summed E-state index contributed by atoms with van der Waals surface area (Å²) >= 11 is 0. The van der Waals surface area contributed by atoms with Crippen LogP contribution in [0.4, 0.5) is 22.0 Å². The molecule has 1 aliphatic heterocycles. The van der Waals surface area contributed by atoms with Crippen LogP contribution >= 0.6 is 0 Å². The molecule has 11 heteroatoms. The van der Waals surface area contributed by atoms with Crippen LogP contribution in [-0.2, 0) is 10.9 Å². The van der Waals surface area contributed by atoms with Crippen LogP contribution < -0.4 is 4.74 Å². The zero-order valence-electron chi connectivity index (χ0n) is 16.2. The average Bonchev–Trinajstić information content (AvgIpc) is 2.73. The van der Waals surface area contributed by atoms with Crippen LogP contribution in [0.2, 0.25) is 0 Å². The number of hydrogen-bond donors (Lipinski definition) is 4. The summed E-state index contributed by atoms with van der Waals surface area (Å²) in [5.41, 5.74) is -1.07. The molecule has 0 saturated carbocycles. The fourth-order valence-electron chi connectivity index (χ4n) is 3.11. The van der Waals surface area contributed by atoms with E-state index in [1.54, 1.807) is 0 Å². The molecule has 4 N–H and O–H groups in total.